The number of alkyl halides is 2. The molecule has 6 aromatic rings. The predicted octanol–water partition coefficient (Wildman–Crippen LogP) is 9.09. The number of methoxy groups -OCH3 is 2. The Kier molecular flexibility index (Phi) is 12.9. The molecule has 0 radical (unpaired) electrons. The van der Waals surface area contributed by atoms with Gasteiger partial charge in [0.1, 0.15) is 29.3 Å². The highest BCUT2D eigenvalue weighted by Gasteiger charge is 2.39. The summed E-state index contributed by atoms with van der Waals surface area (Å²) in [6, 6.07) is 11.9. The van der Waals surface area contributed by atoms with Crippen molar-refractivity contribution in [1.29, 1.82) is 0 Å². The van der Waals surface area contributed by atoms with Crippen LogP contribution in [0.3, 0.4) is 0 Å². The third-order valence-electron chi connectivity index (χ3n) is 13.0. The average molecular weight is 942 g/mol. The second-order valence-corrected chi connectivity index (χ2v) is 19.1. The Bertz CT molecular complexity index is 2800. The van der Waals surface area contributed by atoms with Crippen molar-refractivity contribution < 1.29 is 41.8 Å². The van der Waals surface area contributed by atoms with Gasteiger partial charge in [0.25, 0.3) is 6.43 Å². The van der Waals surface area contributed by atoms with Crippen molar-refractivity contribution in [3.05, 3.63) is 88.1 Å². The monoisotopic (exact) mass is 941 g/mol. The van der Waals surface area contributed by atoms with Crippen molar-refractivity contribution in [2.24, 2.45) is 11.8 Å². The van der Waals surface area contributed by atoms with Gasteiger partial charge < -0.3 is 39.3 Å². The third-order valence-corrected chi connectivity index (χ3v) is 14.1. The molecule has 3 aliphatic rings. The van der Waals surface area contributed by atoms with Crippen molar-refractivity contribution in [2.45, 2.75) is 90.2 Å². The lowest BCUT2D eigenvalue weighted by Crippen LogP contribution is -2.51. The number of nitrogens with one attached hydrogen (secondary N) is 4. The number of carbonyl (C=O) groups excluding carboxylic acids is 3. The number of nitrogens with zero attached hydrogens (tertiary/aromatic N) is 5. The highest BCUT2D eigenvalue weighted by Crippen LogP contribution is 2.49. The van der Waals surface area contributed by atoms with Crippen LogP contribution >= 0.6 is 11.3 Å². The van der Waals surface area contributed by atoms with Crippen LogP contribution in [0, 0.1) is 17.7 Å². The molecule has 4 N–H and O–H groups in total. The first kappa shape index (κ1) is 46.0. The van der Waals surface area contributed by atoms with Gasteiger partial charge >= 0.3 is 6.09 Å². The van der Waals surface area contributed by atoms with Crippen LogP contribution in [-0.4, -0.2) is 98.3 Å². The molecule has 67 heavy (non-hydrogen) atoms. The molecule has 19 heteroatoms. The van der Waals surface area contributed by atoms with Crippen molar-refractivity contribution in [3.8, 4) is 39.5 Å². The maximum absolute atomic E-state index is 16.8. The van der Waals surface area contributed by atoms with Crippen molar-refractivity contribution >= 4 is 40.1 Å². The van der Waals surface area contributed by atoms with Gasteiger partial charge in [0.15, 0.2) is 0 Å². The van der Waals surface area contributed by atoms with Gasteiger partial charge in [-0.25, -0.2) is 27.9 Å². The zero-order chi connectivity index (χ0) is 47.3. The summed E-state index contributed by atoms with van der Waals surface area (Å²) in [5.74, 6) is 0.475. The minimum absolute atomic E-state index is 0.0244. The van der Waals surface area contributed by atoms with Gasteiger partial charge in [-0.05, 0) is 80.0 Å². The molecule has 15 nitrogen and oxygen atoms in total. The van der Waals surface area contributed by atoms with Gasteiger partial charge in [0.05, 0.1) is 82.3 Å². The zero-order valence-electron chi connectivity index (χ0n) is 38.1. The largest absolute Gasteiger partial charge is 0.464 e. The lowest BCUT2D eigenvalue weighted by Gasteiger charge is -2.30. The van der Waals surface area contributed by atoms with E-state index < -0.39 is 36.6 Å². The summed E-state index contributed by atoms with van der Waals surface area (Å²) in [5, 5.41) is 6.62. The second-order valence-electron chi connectivity index (χ2n) is 18.0. The van der Waals surface area contributed by atoms with Gasteiger partial charge in [0.2, 0.25) is 18.0 Å². The molecule has 2 saturated heterocycles. The molecule has 0 spiro atoms. The number of benzene rings is 2. The number of alkyl carbamates (subject to hydrolysis) is 1. The van der Waals surface area contributed by atoms with Crippen LogP contribution in [0.15, 0.2) is 60.9 Å². The van der Waals surface area contributed by atoms with Gasteiger partial charge in [0, 0.05) is 36.7 Å². The summed E-state index contributed by atoms with van der Waals surface area (Å²) in [7, 11) is 2.83. The molecule has 5 atom stereocenters. The molecular weight excluding hydrogens is 888 g/mol. The molecule has 2 aromatic carbocycles. The van der Waals surface area contributed by atoms with E-state index in [4.69, 9.17) is 19.2 Å². The average Bonchev–Trinajstić information content (AvgIpc) is 4.17. The molecule has 3 aliphatic heterocycles. The Morgan fingerprint density at radius 3 is 2.09 bits per heavy atom. The van der Waals surface area contributed by atoms with E-state index >= 15 is 4.39 Å². The number of halogens is 3. The molecule has 1 unspecified atom stereocenters. The van der Waals surface area contributed by atoms with E-state index in [1.165, 1.54) is 19.2 Å². The summed E-state index contributed by atoms with van der Waals surface area (Å²) in [6.07, 6.45) is 2.05. The van der Waals surface area contributed by atoms with E-state index in [-0.39, 0.29) is 58.7 Å². The number of amides is 3. The van der Waals surface area contributed by atoms with Crippen LogP contribution in [-0.2, 0) is 19.1 Å². The van der Waals surface area contributed by atoms with E-state index in [1.54, 1.807) is 36.5 Å². The molecule has 2 fully saturated rings. The summed E-state index contributed by atoms with van der Waals surface area (Å²) >= 11 is 0.937. The molecule has 7 heterocycles. The molecular formula is C48H54F3N9O6S. The fourth-order valence-corrected chi connectivity index (χ4v) is 10.6. The number of carbonyl (C=O) groups is 3. The molecule has 3 amide bonds. The van der Waals surface area contributed by atoms with Crippen LogP contribution in [0.25, 0.3) is 44.7 Å². The number of hydrogen-bond donors (Lipinski definition) is 4. The Morgan fingerprint density at radius 1 is 0.851 bits per heavy atom. The van der Waals surface area contributed by atoms with Crippen LogP contribution < -0.4 is 15.4 Å². The Hall–Kier alpha value is -6.18. The maximum atomic E-state index is 16.8. The highest BCUT2D eigenvalue weighted by molar-refractivity contribution is 7.12. The Morgan fingerprint density at radius 2 is 1.49 bits per heavy atom. The fourth-order valence-electron chi connectivity index (χ4n) is 9.68. The number of imidazole rings is 2. The predicted molar refractivity (Wildman–Crippen MR) is 246 cm³/mol. The lowest BCUT2D eigenvalue weighted by atomic mass is 10.0. The van der Waals surface area contributed by atoms with Gasteiger partial charge in [-0.1, -0.05) is 33.8 Å². The number of ether oxygens (including phenoxy) is 3. The van der Waals surface area contributed by atoms with E-state index in [2.05, 4.69) is 25.6 Å². The number of thiophene rings is 1. The second kappa shape index (κ2) is 18.8. The number of hydrogen-bond acceptors (Lipinski definition) is 10. The molecule has 354 valence electrons. The van der Waals surface area contributed by atoms with Crippen molar-refractivity contribution in [2.75, 3.05) is 34.0 Å². The Balaban J connectivity index is 1.04. The van der Waals surface area contributed by atoms with Crippen LogP contribution in [0.2, 0.25) is 0 Å². The van der Waals surface area contributed by atoms with Crippen molar-refractivity contribution in [3.63, 3.8) is 0 Å². The van der Waals surface area contributed by atoms with Crippen LogP contribution in [0.1, 0.15) is 99.5 Å². The zero-order valence-corrected chi connectivity index (χ0v) is 38.9. The quantitative estimate of drug-likeness (QED) is 0.0778. The first-order valence-electron chi connectivity index (χ1n) is 22.6. The molecule has 4 aromatic heterocycles. The third kappa shape index (κ3) is 8.68. The van der Waals surface area contributed by atoms with Crippen LogP contribution in [0.4, 0.5) is 18.0 Å². The number of likely N-dealkylation sites (tertiary alicyclic amines) is 2. The standard InChI is InChI=1S/C48H54F3N9O6S/c1-24(2)40(54-23-64-5)45(61)58-15-7-9-33(58)44-53-22-31(56-44)27-18-29(49)39-35-19-28-17-26(11-12-32(28)60(35)47(66-36(39)20-27)38-14-13-37(67-38)42(50)51)30-21-52-43(55-30)34-10-8-16-59(34)46(62)41(25(3)4)57-48(63)65-6/h11-14,17-22,24-25,33-34,40-42,47,54H,7-10,15-16,23H2,1-6H3,(H,52,55)(H,53,56)(H,57,63)/t33-,34-,40-,41-,47?/m0/s1. The van der Waals surface area contributed by atoms with E-state index in [9.17, 15) is 23.2 Å². The molecule has 9 rings (SSSR count). The smallest absolute Gasteiger partial charge is 0.407 e. The number of H-pyrrole nitrogens is 2. The SMILES string of the molecule is COCN[C@H](C(=O)N1CCC[C@H]1c1ncc(-c2cc(F)c3c(c2)OC(c2ccc(C(F)F)s2)n2c-3cc3cc(-c4cnc([C@@H]5CCCN5C(=O)[C@@H](NC(=O)OC)C(C)C)[nH]4)ccc32)[nH]1)C(C)C. The fraction of sp³-hybridized carbons (Fsp3) is 0.438. The first-order valence-corrected chi connectivity index (χ1v) is 23.4. The number of fused-ring (bicyclic) bond motifs is 5. The number of aromatic nitrogens is 5. The normalized spacial score (nSPS) is 19.0. The lowest BCUT2D eigenvalue weighted by molar-refractivity contribution is -0.136. The first-order chi connectivity index (χ1) is 32.3. The van der Waals surface area contributed by atoms with Gasteiger partial charge in [-0.15, -0.1) is 11.3 Å². The Labute approximate surface area is 389 Å². The molecule has 0 aliphatic carbocycles. The summed E-state index contributed by atoms with van der Waals surface area (Å²) in [6.45, 7) is 9.02. The summed E-state index contributed by atoms with van der Waals surface area (Å²) in [4.78, 5) is 59.8. The summed E-state index contributed by atoms with van der Waals surface area (Å²) in [5.41, 5.74) is 3.90. The van der Waals surface area contributed by atoms with E-state index in [0.29, 0.717) is 70.6 Å². The van der Waals surface area contributed by atoms with Crippen molar-refractivity contribution in [1.82, 2.24) is 44.9 Å². The minimum Gasteiger partial charge on any atom is -0.464 e. The minimum atomic E-state index is -2.68. The van der Waals surface area contributed by atoms with E-state index in [0.717, 1.165) is 35.1 Å². The van der Waals surface area contributed by atoms with Gasteiger partial charge in [-0.2, -0.15) is 0 Å². The van der Waals surface area contributed by atoms with E-state index in [1.807, 2.05) is 61.4 Å². The molecule has 0 bridgehead atoms. The van der Waals surface area contributed by atoms with Crippen LogP contribution in [0.5, 0.6) is 5.75 Å². The maximum Gasteiger partial charge on any atom is 0.407 e. The number of aromatic amines is 2. The molecule has 0 saturated carbocycles. The van der Waals surface area contributed by atoms with Gasteiger partial charge in [-0.3, -0.25) is 19.5 Å². The highest BCUT2D eigenvalue weighted by atomic mass is 32.1. The number of rotatable bonds is 14. The topological polar surface area (TPSA) is 172 Å². The summed E-state index contributed by atoms with van der Waals surface area (Å²) < 4.78 is 63.3.